The number of carbonyl (C=O) groups is 2. The first-order valence-corrected chi connectivity index (χ1v) is 7.01. The lowest BCUT2D eigenvalue weighted by atomic mass is 9.89. The van der Waals surface area contributed by atoms with Crippen LogP contribution >= 0.6 is 15.9 Å². The molecule has 1 aliphatic heterocycles. The molecule has 102 valence electrons. The molecular weight excluding hydrogens is 308 g/mol. The number of hydrogen-bond donors (Lipinski definition) is 1. The Morgan fingerprint density at radius 2 is 2.26 bits per heavy atom. The average molecular weight is 325 g/mol. The Labute approximate surface area is 121 Å². The highest BCUT2D eigenvalue weighted by Gasteiger charge is 2.39. The van der Waals surface area contributed by atoms with Crippen LogP contribution in [0.15, 0.2) is 22.7 Å². The normalized spacial score (nSPS) is 22.4. The van der Waals surface area contributed by atoms with E-state index in [1.54, 1.807) is 13.1 Å². The molecule has 0 bridgehead atoms. The summed E-state index contributed by atoms with van der Waals surface area (Å²) in [5, 5.41) is 2.73. The number of nitrogens with zero attached hydrogens (tertiary/aromatic N) is 1. The molecular formula is C14H17BrN2O2. The molecule has 4 nitrogen and oxygen atoms in total. The van der Waals surface area contributed by atoms with Gasteiger partial charge in [-0.2, -0.15) is 0 Å². The van der Waals surface area contributed by atoms with Gasteiger partial charge in [0.05, 0.1) is 5.41 Å². The lowest BCUT2D eigenvalue weighted by Crippen LogP contribution is -2.39. The van der Waals surface area contributed by atoms with Gasteiger partial charge in [0.15, 0.2) is 6.29 Å². The first-order chi connectivity index (χ1) is 9.00. The van der Waals surface area contributed by atoms with Gasteiger partial charge in [-0.05, 0) is 47.5 Å². The summed E-state index contributed by atoms with van der Waals surface area (Å²) < 4.78 is 0.786. The number of carbonyl (C=O) groups excluding carboxylic acids is 2. The first kappa shape index (κ1) is 14.1. The average Bonchev–Trinajstić information content (AvgIpc) is 2.81. The largest absolute Gasteiger partial charge is 0.370 e. The molecule has 1 N–H and O–H groups in total. The third kappa shape index (κ3) is 2.66. The number of anilines is 1. The monoisotopic (exact) mass is 324 g/mol. The molecule has 1 heterocycles. The van der Waals surface area contributed by atoms with Gasteiger partial charge in [-0.1, -0.05) is 0 Å². The summed E-state index contributed by atoms with van der Waals surface area (Å²) in [7, 11) is 1.67. The van der Waals surface area contributed by atoms with E-state index in [4.69, 9.17) is 0 Å². The van der Waals surface area contributed by atoms with Gasteiger partial charge in [0.2, 0.25) is 5.91 Å². The van der Waals surface area contributed by atoms with Crippen LogP contribution in [0.2, 0.25) is 0 Å². The number of halogens is 1. The number of amides is 1. The molecule has 0 aromatic heterocycles. The number of benzene rings is 1. The van der Waals surface area contributed by atoms with Crippen LogP contribution in [0.5, 0.6) is 0 Å². The fourth-order valence-corrected chi connectivity index (χ4v) is 2.94. The minimum absolute atomic E-state index is 0.0820. The van der Waals surface area contributed by atoms with Gasteiger partial charge in [0.1, 0.15) is 0 Å². The summed E-state index contributed by atoms with van der Waals surface area (Å²) in [4.78, 5) is 24.9. The van der Waals surface area contributed by atoms with E-state index in [2.05, 4.69) is 26.1 Å². The van der Waals surface area contributed by atoms with E-state index in [9.17, 15) is 9.59 Å². The van der Waals surface area contributed by atoms with Crippen LogP contribution in [0.25, 0.3) is 0 Å². The van der Waals surface area contributed by atoms with E-state index in [0.717, 1.165) is 29.4 Å². The van der Waals surface area contributed by atoms with Gasteiger partial charge >= 0.3 is 0 Å². The molecule has 1 fully saturated rings. The molecule has 0 saturated carbocycles. The highest BCUT2D eigenvalue weighted by molar-refractivity contribution is 9.10. The molecule has 5 heteroatoms. The van der Waals surface area contributed by atoms with Gasteiger partial charge in [0.25, 0.3) is 0 Å². The van der Waals surface area contributed by atoms with Crippen LogP contribution in [-0.2, 0) is 4.79 Å². The van der Waals surface area contributed by atoms with Crippen molar-refractivity contribution in [2.45, 2.75) is 13.3 Å². The maximum Gasteiger partial charge on any atom is 0.227 e. The fourth-order valence-electron chi connectivity index (χ4n) is 2.48. The summed E-state index contributed by atoms with van der Waals surface area (Å²) >= 11 is 3.39. The number of aldehydes is 1. The lowest BCUT2D eigenvalue weighted by molar-refractivity contribution is -0.128. The Kier molecular flexibility index (Phi) is 3.94. The summed E-state index contributed by atoms with van der Waals surface area (Å²) in [5.74, 6) is 0.0820. The van der Waals surface area contributed by atoms with Gasteiger partial charge in [-0.15, -0.1) is 0 Å². The molecule has 1 aromatic carbocycles. The van der Waals surface area contributed by atoms with Crippen LogP contribution in [0.4, 0.5) is 5.69 Å². The number of nitrogens with one attached hydrogen (secondary N) is 1. The van der Waals surface area contributed by atoms with Crippen molar-refractivity contribution >= 4 is 33.8 Å². The Morgan fingerprint density at radius 3 is 2.84 bits per heavy atom. The Bertz CT molecular complexity index is 518. The summed E-state index contributed by atoms with van der Waals surface area (Å²) in [5.41, 5.74) is 1.33. The molecule has 1 saturated heterocycles. The number of hydrogen-bond acceptors (Lipinski definition) is 3. The van der Waals surface area contributed by atoms with Crippen molar-refractivity contribution in [3.63, 3.8) is 0 Å². The highest BCUT2D eigenvalue weighted by Crippen LogP contribution is 2.34. The molecule has 1 aromatic rings. The van der Waals surface area contributed by atoms with Crippen LogP contribution in [0.3, 0.4) is 0 Å². The van der Waals surface area contributed by atoms with Gasteiger partial charge in [-0.25, -0.2) is 0 Å². The predicted molar refractivity (Wildman–Crippen MR) is 78.5 cm³/mol. The predicted octanol–water partition coefficient (Wildman–Crippen LogP) is 2.22. The minimum atomic E-state index is -0.343. The highest BCUT2D eigenvalue weighted by atomic mass is 79.9. The standard InChI is InChI=1S/C14H17BrN2O2/c1-14(13(19)16-2)5-6-17(9-14)11-4-3-10(8-18)12(15)7-11/h3-4,7-8H,5-6,9H2,1-2H3,(H,16,19). The summed E-state index contributed by atoms with van der Waals surface area (Å²) in [6.45, 7) is 3.52. The van der Waals surface area contributed by atoms with Crippen molar-refractivity contribution in [3.05, 3.63) is 28.2 Å². The van der Waals surface area contributed by atoms with Crippen molar-refractivity contribution in [1.82, 2.24) is 5.32 Å². The van der Waals surface area contributed by atoms with Gasteiger partial charge in [0, 0.05) is 35.9 Å². The molecule has 1 aliphatic rings. The van der Waals surface area contributed by atoms with Crippen molar-refractivity contribution in [3.8, 4) is 0 Å². The van der Waals surface area contributed by atoms with E-state index >= 15 is 0 Å². The van der Waals surface area contributed by atoms with Crippen molar-refractivity contribution in [1.29, 1.82) is 0 Å². The van der Waals surface area contributed by atoms with Crippen LogP contribution in [0.1, 0.15) is 23.7 Å². The van der Waals surface area contributed by atoms with E-state index in [-0.39, 0.29) is 11.3 Å². The second-order valence-corrected chi connectivity index (χ2v) is 5.99. The van der Waals surface area contributed by atoms with Gasteiger partial charge < -0.3 is 10.2 Å². The minimum Gasteiger partial charge on any atom is -0.370 e. The summed E-state index contributed by atoms with van der Waals surface area (Å²) in [6, 6.07) is 5.64. The van der Waals surface area contributed by atoms with Crippen molar-refractivity contribution in [2.75, 3.05) is 25.0 Å². The number of rotatable bonds is 3. The van der Waals surface area contributed by atoms with Crippen LogP contribution < -0.4 is 10.2 Å². The molecule has 0 radical (unpaired) electrons. The maximum atomic E-state index is 11.9. The third-order valence-corrected chi connectivity index (χ3v) is 4.41. The Morgan fingerprint density at radius 1 is 1.53 bits per heavy atom. The smallest absolute Gasteiger partial charge is 0.227 e. The van der Waals surface area contributed by atoms with Crippen molar-refractivity contribution < 1.29 is 9.59 Å². The van der Waals surface area contributed by atoms with E-state index in [1.165, 1.54) is 0 Å². The zero-order valence-electron chi connectivity index (χ0n) is 11.1. The fraction of sp³-hybridized carbons (Fsp3) is 0.429. The molecule has 2 rings (SSSR count). The molecule has 0 spiro atoms. The summed E-state index contributed by atoms with van der Waals surface area (Å²) in [6.07, 6.45) is 1.66. The second-order valence-electron chi connectivity index (χ2n) is 5.14. The maximum absolute atomic E-state index is 11.9. The molecule has 1 unspecified atom stereocenters. The topological polar surface area (TPSA) is 49.4 Å². The lowest BCUT2D eigenvalue weighted by Gasteiger charge is -2.24. The Balaban J connectivity index is 2.19. The second kappa shape index (κ2) is 5.33. The molecule has 1 atom stereocenters. The SMILES string of the molecule is CNC(=O)C1(C)CCN(c2ccc(C=O)c(Br)c2)C1. The van der Waals surface area contributed by atoms with E-state index < -0.39 is 0 Å². The Hall–Kier alpha value is -1.36. The van der Waals surface area contributed by atoms with Crippen LogP contribution in [-0.4, -0.2) is 32.3 Å². The van der Waals surface area contributed by atoms with Gasteiger partial charge in [-0.3, -0.25) is 9.59 Å². The first-order valence-electron chi connectivity index (χ1n) is 6.22. The molecule has 19 heavy (non-hydrogen) atoms. The quantitative estimate of drug-likeness (QED) is 0.867. The molecule has 1 amide bonds. The molecule has 0 aliphatic carbocycles. The zero-order chi connectivity index (χ0) is 14.0. The van der Waals surface area contributed by atoms with Crippen molar-refractivity contribution in [2.24, 2.45) is 5.41 Å². The van der Waals surface area contributed by atoms with Crippen LogP contribution in [0, 0.1) is 5.41 Å². The zero-order valence-corrected chi connectivity index (χ0v) is 12.7. The van der Waals surface area contributed by atoms with E-state index in [1.807, 2.05) is 19.1 Å². The third-order valence-electron chi connectivity index (χ3n) is 3.72. The van der Waals surface area contributed by atoms with E-state index in [0.29, 0.717) is 12.1 Å².